The van der Waals surface area contributed by atoms with Crippen LogP contribution in [0.5, 0.6) is 5.75 Å². The summed E-state index contributed by atoms with van der Waals surface area (Å²) in [5.41, 5.74) is 1.17. The minimum atomic E-state index is 0.905. The molecule has 0 heterocycles. The van der Waals surface area contributed by atoms with Gasteiger partial charge in [0.05, 0.1) is 7.11 Å². The average Bonchev–Trinajstić information content (AvgIpc) is 2.46. The summed E-state index contributed by atoms with van der Waals surface area (Å²) in [5.74, 6) is 0.905. The SMILES string of the molecule is CCCC/C=C\CCCCNc1ccc(OC)cc1. The Morgan fingerprint density at radius 2 is 1.68 bits per heavy atom. The van der Waals surface area contributed by atoms with Crippen LogP contribution in [0.15, 0.2) is 36.4 Å². The van der Waals surface area contributed by atoms with E-state index in [1.54, 1.807) is 7.11 Å². The summed E-state index contributed by atoms with van der Waals surface area (Å²) < 4.78 is 5.13. The molecule has 0 aliphatic carbocycles. The lowest BCUT2D eigenvalue weighted by atomic mass is 10.2. The Kier molecular flexibility index (Phi) is 8.61. The van der Waals surface area contributed by atoms with Crippen molar-refractivity contribution in [1.82, 2.24) is 0 Å². The van der Waals surface area contributed by atoms with Gasteiger partial charge in [0.15, 0.2) is 0 Å². The van der Waals surface area contributed by atoms with Crippen LogP contribution in [0.3, 0.4) is 0 Å². The highest BCUT2D eigenvalue weighted by Gasteiger charge is 1.93. The van der Waals surface area contributed by atoms with Gasteiger partial charge in [-0.2, -0.15) is 0 Å². The summed E-state index contributed by atoms with van der Waals surface area (Å²) in [6.45, 7) is 3.27. The Bertz CT molecular complexity index is 343. The molecule has 0 saturated carbocycles. The fraction of sp³-hybridized carbons (Fsp3) is 0.529. The maximum atomic E-state index is 5.13. The molecule has 0 atom stereocenters. The second-order valence-corrected chi connectivity index (χ2v) is 4.76. The van der Waals surface area contributed by atoms with Gasteiger partial charge >= 0.3 is 0 Å². The summed E-state index contributed by atoms with van der Waals surface area (Å²) in [5, 5.41) is 3.43. The van der Waals surface area contributed by atoms with Crippen molar-refractivity contribution in [1.29, 1.82) is 0 Å². The Balaban J connectivity index is 2.02. The molecule has 0 bridgehead atoms. The van der Waals surface area contributed by atoms with Crippen LogP contribution in [0.25, 0.3) is 0 Å². The summed E-state index contributed by atoms with van der Waals surface area (Å²) in [4.78, 5) is 0. The number of rotatable bonds is 10. The molecule has 0 saturated heterocycles. The summed E-state index contributed by atoms with van der Waals surface area (Å²) in [6.07, 6.45) is 12.2. The molecule has 1 aromatic rings. The lowest BCUT2D eigenvalue weighted by Crippen LogP contribution is -2.00. The monoisotopic (exact) mass is 261 g/mol. The molecule has 2 nitrogen and oxygen atoms in total. The van der Waals surface area contributed by atoms with Gasteiger partial charge < -0.3 is 10.1 Å². The van der Waals surface area contributed by atoms with Crippen molar-refractivity contribution in [3.63, 3.8) is 0 Å². The molecule has 0 aromatic heterocycles. The molecule has 0 unspecified atom stereocenters. The molecular weight excluding hydrogens is 234 g/mol. The van der Waals surface area contributed by atoms with E-state index in [1.165, 1.54) is 44.2 Å². The molecule has 1 N–H and O–H groups in total. The molecule has 0 aliphatic heterocycles. The standard InChI is InChI=1S/C17H27NO/c1-3-4-5-6-7-8-9-10-15-18-16-11-13-17(19-2)14-12-16/h6-7,11-14,18H,3-5,8-10,15H2,1-2H3/b7-6-. The molecule has 1 rings (SSSR count). The fourth-order valence-corrected chi connectivity index (χ4v) is 1.89. The van der Waals surface area contributed by atoms with E-state index in [-0.39, 0.29) is 0 Å². The number of ether oxygens (including phenoxy) is 1. The molecule has 0 aliphatic rings. The Hall–Kier alpha value is -1.44. The van der Waals surface area contributed by atoms with Crippen LogP contribution >= 0.6 is 0 Å². The number of unbranched alkanes of at least 4 members (excludes halogenated alkanes) is 4. The van der Waals surface area contributed by atoms with E-state index in [2.05, 4.69) is 36.5 Å². The first-order valence-electron chi connectivity index (χ1n) is 7.39. The molecule has 19 heavy (non-hydrogen) atoms. The van der Waals surface area contributed by atoms with Gasteiger partial charge in [-0.1, -0.05) is 31.9 Å². The van der Waals surface area contributed by atoms with Gasteiger partial charge in [0.1, 0.15) is 5.75 Å². The van der Waals surface area contributed by atoms with Gasteiger partial charge in [0, 0.05) is 12.2 Å². The largest absolute Gasteiger partial charge is 0.497 e. The van der Waals surface area contributed by atoms with Crippen molar-refractivity contribution in [3.05, 3.63) is 36.4 Å². The van der Waals surface area contributed by atoms with Gasteiger partial charge in [-0.25, -0.2) is 0 Å². The minimum absolute atomic E-state index is 0.905. The lowest BCUT2D eigenvalue weighted by Gasteiger charge is -2.06. The highest BCUT2D eigenvalue weighted by Crippen LogP contribution is 2.15. The third-order valence-electron chi connectivity index (χ3n) is 3.11. The lowest BCUT2D eigenvalue weighted by molar-refractivity contribution is 0.415. The second-order valence-electron chi connectivity index (χ2n) is 4.76. The van der Waals surface area contributed by atoms with E-state index < -0.39 is 0 Å². The third kappa shape index (κ3) is 7.55. The number of benzene rings is 1. The molecule has 1 aromatic carbocycles. The first-order valence-corrected chi connectivity index (χ1v) is 7.39. The van der Waals surface area contributed by atoms with Crippen molar-refractivity contribution < 1.29 is 4.74 Å². The fourth-order valence-electron chi connectivity index (χ4n) is 1.89. The highest BCUT2D eigenvalue weighted by atomic mass is 16.5. The number of methoxy groups -OCH3 is 1. The van der Waals surface area contributed by atoms with Crippen molar-refractivity contribution in [2.45, 2.75) is 45.4 Å². The number of nitrogens with one attached hydrogen (secondary N) is 1. The molecule has 0 fully saturated rings. The van der Waals surface area contributed by atoms with Crippen molar-refractivity contribution in [2.24, 2.45) is 0 Å². The topological polar surface area (TPSA) is 21.3 Å². The second kappa shape index (κ2) is 10.5. The normalized spacial score (nSPS) is 10.8. The minimum Gasteiger partial charge on any atom is -0.497 e. The van der Waals surface area contributed by atoms with E-state index in [9.17, 15) is 0 Å². The molecule has 0 spiro atoms. The van der Waals surface area contributed by atoms with Gasteiger partial charge in [-0.3, -0.25) is 0 Å². The predicted octanol–water partition coefficient (Wildman–Crippen LogP) is 5.02. The number of anilines is 1. The van der Waals surface area contributed by atoms with E-state index in [1.807, 2.05) is 12.1 Å². The van der Waals surface area contributed by atoms with E-state index >= 15 is 0 Å². The molecule has 2 heteroatoms. The Morgan fingerprint density at radius 3 is 2.32 bits per heavy atom. The zero-order chi connectivity index (χ0) is 13.8. The summed E-state index contributed by atoms with van der Waals surface area (Å²) >= 11 is 0. The third-order valence-corrected chi connectivity index (χ3v) is 3.11. The quantitative estimate of drug-likeness (QED) is 0.471. The Labute approximate surface area is 117 Å². The average molecular weight is 261 g/mol. The van der Waals surface area contributed by atoms with Crippen molar-refractivity contribution >= 4 is 5.69 Å². The first-order chi connectivity index (χ1) is 9.36. The Morgan fingerprint density at radius 1 is 1.00 bits per heavy atom. The molecule has 0 amide bonds. The zero-order valence-electron chi connectivity index (χ0n) is 12.3. The summed E-state index contributed by atoms with van der Waals surface area (Å²) in [6, 6.07) is 8.09. The van der Waals surface area contributed by atoms with Crippen LogP contribution in [0.2, 0.25) is 0 Å². The van der Waals surface area contributed by atoms with E-state index in [0.717, 1.165) is 12.3 Å². The first kappa shape index (κ1) is 15.6. The number of allylic oxidation sites excluding steroid dienone is 2. The van der Waals surface area contributed by atoms with Crippen LogP contribution in [0, 0.1) is 0 Å². The van der Waals surface area contributed by atoms with Crippen LogP contribution in [0.4, 0.5) is 5.69 Å². The van der Waals surface area contributed by atoms with Crippen LogP contribution in [-0.4, -0.2) is 13.7 Å². The molecule has 0 radical (unpaired) electrons. The van der Waals surface area contributed by atoms with Crippen LogP contribution in [-0.2, 0) is 0 Å². The number of hydrogen-bond donors (Lipinski definition) is 1. The maximum absolute atomic E-state index is 5.13. The zero-order valence-corrected chi connectivity index (χ0v) is 12.3. The smallest absolute Gasteiger partial charge is 0.119 e. The molecule has 106 valence electrons. The van der Waals surface area contributed by atoms with Crippen molar-refractivity contribution in [2.75, 3.05) is 19.0 Å². The van der Waals surface area contributed by atoms with Gasteiger partial charge in [-0.15, -0.1) is 0 Å². The van der Waals surface area contributed by atoms with E-state index in [4.69, 9.17) is 4.74 Å². The predicted molar refractivity (Wildman–Crippen MR) is 84.0 cm³/mol. The van der Waals surface area contributed by atoms with Crippen LogP contribution < -0.4 is 10.1 Å². The van der Waals surface area contributed by atoms with Crippen molar-refractivity contribution in [3.8, 4) is 5.75 Å². The highest BCUT2D eigenvalue weighted by molar-refractivity contribution is 5.46. The summed E-state index contributed by atoms with van der Waals surface area (Å²) in [7, 11) is 1.69. The maximum Gasteiger partial charge on any atom is 0.119 e. The molecular formula is C17H27NO. The van der Waals surface area contributed by atoms with Gasteiger partial charge in [0.2, 0.25) is 0 Å². The number of hydrogen-bond acceptors (Lipinski definition) is 2. The van der Waals surface area contributed by atoms with E-state index in [0.29, 0.717) is 0 Å². The van der Waals surface area contributed by atoms with Crippen LogP contribution in [0.1, 0.15) is 45.4 Å². The van der Waals surface area contributed by atoms with Gasteiger partial charge in [-0.05, 0) is 49.9 Å². The van der Waals surface area contributed by atoms with Gasteiger partial charge in [0.25, 0.3) is 0 Å².